The van der Waals surface area contributed by atoms with Crippen molar-refractivity contribution in [3.8, 4) is 0 Å². The summed E-state index contributed by atoms with van der Waals surface area (Å²) < 4.78 is 0. The van der Waals surface area contributed by atoms with Gasteiger partial charge in [0, 0.05) is 6.54 Å². The number of piperidine rings is 1. The Morgan fingerprint density at radius 2 is 1.77 bits per heavy atom. The van der Waals surface area contributed by atoms with Crippen molar-refractivity contribution >= 4 is 29.9 Å². The molecule has 5 heteroatoms. The third-order valence-corrected chi connectivity index (χ3v) is 4.25. The van der Waals surface area contributed by atoms with Crippen molar-refractivity contribution in [3.05, 3.63) is 35.9 Å². The molecule has 0 saturated carbocycles. The summed E-state index contributed by atoms with van der Waals surface area (Å²) in [5.41, 5.74) is 12.1. The lowest BCUT2D eigenvalue weighted by molar-refractivity contribution is 0.181. The van der Waals surface area contributed by atoms with Gasteiger partial charge in [-0.15, -0.1) is 24.0 Å². The van der Waals surface area contributed by atoms with E-state index in [0.29, 0.717) is 0 Å². The first kappa shape index (κ1) is 19.2. The Bertz CT molecular complexity index is 424. The highest BCUT2D eigenvalue weighted by atomic mass is 127. The molecule has 1 heterocycles. The van der Waals surface area contributed by atoms with E-state index in [1.54, 1.807) is 0 Å². The Kier molecular flexibility index (Phi) is 9.47. The van der Waals surface area contributed by atoms with E-state index in [2.05, 4.69) is 40.2 Å². The summed E-state index contributed by atoms with van der Waals surface area (Å²) in [6.45, 7) is 4.41. The number of guanidine groups is 1. The third-order valence-electron chi connectivity index (χ3n) is 4.25. The monoisotopic (exact) mass is 416 g/mol. The molecule has 1 fully saturated rings. The van der Waals surface area contributed by atoms with Gasteiger partial charge in [-0.25, -0.2) is 0 Å². The number of nitrogens with zero attached hydrogens (tertiary/aromatic N) is 2. The van der Waals surface area contributed by atoms with Crippen LogP contribution in [0.15, 0.2) is 35.3 Å². The summed E-state index contributed by atoms with van der Waals surface area (Å²) in [6.07, 6.45) is 6.13. The van der Waals surface area contributed by atoms with Gasteiger partial charge < -0.3 is 16.4 Å². The molecule has 0 aliphatic carbocycles. The molecule has 0 aromatic heterocycles. The minimum Gasteiger partial charge on any atom is -0.370 e. The van der Waals surface area contributed by atoms with Crippen LogP contribution in [0.25, 0.3) is 0 Å². The van der Waals surface area contributed by atoms with E-state index in [0.717, 1.165) is 18.9 Å². The molecule has 0 unspecified atom stereocenters. The van der Waals surface area contributed by atoms with Gasteiger partial charge in [-0.1, -0.05) is 30.3 Å². The first-order valence-corrected chi connectivity index (χ1v) is 8.05. The molecule has 22 heavy (non-hydrogen) atoms. The quantitative estimate of drug-likeness (QED) is 0.311. The lowest BCUT2D eigenvalue weighted by atomic mass is 9.90. The molecule has 1 aliphatic heterocycles. The Morgan fingerprint density at radius 3 is 2.41 bits per heavy atom. The van der Waals surface area contributed by atoms with Crippen LogP contribution < -0.4 is 11.5 Å². The van der Waals surface area contributed by atoms with Gasteiger partial charge in [-0.2, -0.15) is 0 Å². The molecule has 1 aromatic rings. The fourth-order valence-corrected chi connectivity index (χ4v) is 3.02. The molecule has 0 atom stereocenters. The summed E-state index contributed by atoms with van der Waals surface area (Å²) in [7, 11) is 0. The number of hydrogen-bond donors (Lipinski definition) is 2. The standard InChI is InChI=1S/C17H28N4.HI/c18-17(19)20-10-4-5-11-21-12-8-16(9-13-21)14-15-6-2-1-3-7-15;/h1-3,6-7,16H,4-5,8-14H2,(H4,18,19,20);1H. The van der Waals surface area contributed by atoms with E-state index >= 15 is 0 Å². The number of benzene rings is 1. The maximum atomic E-state index is 5.31. The molecule has 4 N–H and O–H groups in total. The van der Waals surface area contributed by atoms with Gasteiger partial charge in [0.25, 0.3) is 0 Å². The van der Waals surface area contributed by atoms with Crippen molar-refractivity contribution in [2.24, 2.45) is 22.4 Å². The number of halogens is 1. The van der Waals surface area contributed by atoms with E-state index in [-0.39, 0.29) is 29.9 Å². The van der Waals surface area contributed by atoms with Crippen molar-refractivity contribution in [2.45, 2.75) is 32.1 Å². The SMILES string of the molecule is I.NC(N)=NCCCCN1CCC(Cc2ccccc2)CC1. The molecule has 1 aromatic carbocycles. The van der Waals surface area contributed by atoms with Gasteiger partial charge in [-0.3, -0.25) is 4.99 Å². The van der Waals surface area contributed by atoms with Crippen molar-refractivity contribution < 1.29 is 0 Å². The van der Waals surface area contributed by atoms with Crippen molar-refractivity contribution in [1.82, 2.24) is 4.90 Å². The van der Waals surface area contributed by atoms with Crippen molar-refractivity contribution in [2.75, 3.05) is 26.2 Å². The van der Waals surface area contributed by atoms with E-state index in [1.165, 1.54) is 50.9 Å². The number of unbranched alkanes of at least 4 members (excludes halogenated alkanes) is 1. The zero-order valence-corrected chi connectivity index (χ0v) is 15.6. The predicted molar refractivity (Wildman–Crippen MR) is 105 cm³/mol. The number of aliphatic imine (C=N–C) groups is 1. The molecule has 1 saturated heterocycles. The van der Waals surface area contributed by atoms with Gasteiger partial charge in [0.1, 0.15) is 0 Å². The molecular weight excluding hydrogens is 387 g/mol. The van der Waals surface area contributed by atoms with Crippen molar-refractivity contribution in [3.63, 3.8) is 0 Å². The summed E-state index contributed by atoms with van der Waals surface area (Å²) in [5.74, 6) is 1.06. The van der Waals surface area contributed by atoms with Crippen LogP contribution in [0.4, 0.5) is 0 Å². The fourth-order valence-electron chi connectivity index (χ4n) is 3.02. The smallest absolute Gasteiger partial charge is 0.185 e. The molecule has 2 rings (SSSR count). The van der Waals surface area contributed by atoms with Crippen molar-refractivity contribution in [1.29, 1.82) is 0 Å². The molecule has 4 nitrogen and oxygen atoms in total. The normalized spacial score (nSPS) is 16.0. The fraction of sp³-hybridized carbons (Fsp3) is 0.588. The predicted octanol–water partition coefficient (Wildman–Crippen LogP) is 2.61. The first-order chi connectivity index (χ1) is 10.2. The second-order valence-corrected chi connectivity index (χ2v) is 5.99. The number of rotatable bonds is 7. The number of hydrogen-bond acceptors (Lipinski definition) is 2. The molecule has 0 spiro atoms. The van der Waals surface area contributed by atoms with Crippen LogP contribution in [0.5, 0.6) is 0 Å². The van der Waals surface area contributed by atoms with Crippen LogP contribution in [0.2, 0.25) is 0 Å². The zero-order chi connectivity index (χ0) is 14.9. The van der Waals surface area contributed by atoms with Crippen LogP contribution in [0.1, 0.15) is 31.2 Å². The van der Waals surface area contributed by atoms with Gasteiger partial charge in [0.15, 0.2) is 5.96 Å². The summed E-state index contributed by atoms with van der Waals surface area (Å²) in [5, 5.41) is 0. The Labute approximate surface area is 151 Å². The first-order valence-electron chi connectivity index (χ1n) is 8.05. The third kappa shape index (κ3) is 7.45. The molecule has 0 bridgehead atoms. The lowest BCUT2D eigenvalue weighted by Crippen LogP contribution is -2.35. The highest BCUT2D eigenvalue weighted by molar-refractivity contribution is 14.0. The second-order valence-electron chi connectivity index (χ2n) is 5.99. The van der Waals surface area contributed by atoms with Crippen LogP contribution in [-0.2, 0) is 6.42 Å². The highest BCUT2D eigenvalue weighted by Crippen LogP contribution is 2.21. The van der Waals surface area contributed by atoms with Crippen LogP contribution in [0.3, 0.4) is 0 Å². The van der Waals surface area contributed by atoms with E-state index in [1.807, 2.05) is 0 Å². The minimum absolute atomic E-state index is 0. The zero-order valence-electron chi connectivity index (χ0n) is 13.3. The topological polar surface area (TPSA) is 67.6 Å². The number of likely N-dealkylation sites (tertiary alicyclic amines) is 1. The van der Waals surface area contributed by atoms with E-state index in [4.69, 9.17) is 11.5 Å². The van der Waals surface area contributed by atoms with E-state index in [9.17, 15) is 0 Å². The molecule has 124 valence electrons. The van der Waals surface area contributed by atoms with Crippen LogP contribution >= 0.6 is 24.0 Å². The molecule has 0 radical (unpaired) electrons. The van der Waals surface area contributed by atoms with Crippen LogP contribution in [0, 0.1) is 5.92 Å². The number of nitrogens with two attached hydrogens (primary N) is 2. The Balaban J connectivity index is 0.00000242. The minimum atomic E-state index is 0. The van der Waals surface area contributed by atoms with Gasteiger partial charge >= 0.3 is 0 Å². The molecular formula is C17H29IN4. The van der Waals surface area contributed by atoms with Gasteiger partial charge in [-0.05, 0) is 63.2 Å². The lowest BCUT2D eigenvalue weighted by Gasteiger charge is -2.32. The summed E-state index contributed by atoms with van der Waals surface area (Å²) in [6, 6.07) is 10.9. The largest absolute Gasteiger partial charge is 0.370 e. The summed E-state index contributed by atoms with van der Waals surface area (Å²) >= 11 is 0. The van der Waals surface area contributed by atoms with Crippen LogP contribution in [-0.4, -0.2) is 37.0 Å². The average Bonchev–Trinajstić information content (AvgIpc) is 2.49. The summed E-state index contributed by atoms with van der Waals surface area (Å²) in [4.78, 5) is 6.60. The van der Waals surface area contributed by atoms with Gasteiger partial charge in [0.05, 0.1) is 0 Å². The Hall–Kier alpha value is -0.820. The maximum absolute atomic E-state index is 5.31. The molecule has 1 aliphatic rings. The highest BCUT2D eigenvalue weighted by Gasteiger charge is 2.18. The Morgan fingerprint density at radius 1 is 1.09 bits per heavy atom. The second kappa shape index (κ2) is 10.8. The average molecular weight is 416 g/mol. The maximum Gasteiger partial charge on any atom is 0.185 e. The van der Waals surface area contributed by atoms with Gasteiger partial charge in [0.2, 0.25) is 0 Å². The molecule has 0 amide bonds. The van der Waals surface area contributed by atoms with E-state index < -0.39 is 0 Å².